The third-order valence-corrected chi connectivity index (χ3v) is 5.01. The molecule has 1 amide bonds. The number of aryl methyl sites for hydroxylation is 1. The topological polar surface area (TPSA) is 129 Å². The lowest BCUT2D eigenvalue weighted by molar-refractivity contribution is -0.394. The number of amides is 1. The number of carbonyl (C=O) groups is 2. The molecule has 0 fully saturated rings. The summed E-state index contributed by atoms with van der Waals surface area (Å²) in [5, 5.41) is 17.3. The molecule has 0 saturated carbocycles. The van der Waals surface area contributed by atoms with Crippen LogP contribution in [0.5, 0.6) is 0 Å². The van der Waals surface area contributed by atoms with Crippen LogP contribution in [0, 0.1) is 10.1 Å². The predicted molar refractivity (Wildman–Crippen MR) is 87.6 cm³/mol. The lowest BCUT2D eigenvalue weighted by atomic mass is 9.95. The van der Waals surface area contributed by atoms with Crippen molar-refractivity contribution in [3.63, 3.8) is 0 Å². The molecule has 1 aliphatic carbocycles. The fraction of sp³-hybridized carbons (Fsp3) is 0.429. The van der Waals surface area contributed by atoms with Crippen molar-refractivity contribution >= 4 is 34.2 Å². The van der Waals surface area contributed by atoms with Crippen molar-refractivity contribution in [3.8, 4) is 0 Å². The van der Waals surface area contributed by atoms with E-state index in [1.54, 1.807) is 0 Å². The minimum atomic E-state index is -0.739. The number of carbonyl (C=O) groups excluding carboxylic acids is 2. The van der Waals surface area contributed by atoms with Crippen LogP contribution >= 0.6 is 11.3 Å². The Bertz CT molecular complexity index is 843. The maximum atomic E-state index is 12.2. The molecule has 0 aromatic carbocycles. The maximum absolute atomic E-state index is 12.2. The van der Waals surface area contributed by atoms with E-state index in [9.17, 15) is 19.7 Å². The molecule has 2 aromatic heterocycles. The second-order valence-electron chi connectivity index (χ2n) is 5.45. The van der Waals surface area contributed by atoms with Crippen LogP contribution in [0.2, 0.25) is 0 Å². The smallest absolute Gasteiger partial charge is 0.465 e. The first-order valence-electron chi connectivity index (χ1n) is 7.56. The van der Waals surface area contributed by atoms with Gasteiger partial charge in [0.15, 0.2) is 0 Å². The van der Waals surface area contributed by atoms with E-state index in [0.717, 1.165) is 47.1 Å². The predicted octanol–water partition coefficient (Wildman–Crippen LogP) is 1.55. The highest BCUT2D eigenvalue weighted by atomic mass is 32.1. The highest BCUT2D eigenvalue weighted by Gasteiger charge is 2.27. The summed E-state index contributed by atoms with van der Waals surface area (Å²) in [7, 11) is 1.30. The lowest BCUT2D eigenvalue weighted by Gasteiger charge is -2.11. The van der Waals surface area contributed by atoms with Crippen LogP contribution in [0.25, 0.3) is 0 Å². The normalized spacial score (nSPS) is 13.2. The van der Waals surface area contributed by atoms with E-state index in [-0.39, 0.29) is 6.54 Å². The van der Waals surface area contributed by atoms with Gasteiger partial charge >= 0.3 is 11.9 Å². The van der Waals surface area contributed by atoms with Crippen molar-refractivity contribution in [1.29, 1.82) is 0 Å². The van der Waals surface area contributed by atoms with Gasteiger partial charge in [0.2, 0.25) is 12.2 Å². The minimum Gasteiger partial charge on any atom is -0.465 e. The molecule has 10 nitrogen and oxygen atoms in total. The van der Waals surface area contributed by atoms with Crippen LogP contribution in [0.15, 0.2) is 6.33 Å². The quantitative estimate of drug-likeness (QED) is 0.483. The maximum Gasteiger partial charge on any atom is 0.490 e. The van der Waals surface area contributed by atoms with Crippen molar-refractivity contribution in [1.82, 2.24) is 14.8 Å². The summed E-state index contributed by atoms with van der Waals surface area (Å²) in [6.07, 6.45) is 4.79. The van der Waals surface area contributed by atoms with Crippen molar-refractivity contribution in [2.24, 2.45) is 0 Å². The van der Waals surface area contributed by atoms with Crippen molar-refractivity contribution in [2.75, 3.05) is 12.4 Å². The summed E-state index contributed by atoms with van der Waals surface area (Å²) in [5.74, 6) is -1.51. The molecule has 0 unspecified atom stereocenters. The second kappa shape index (κ2) is 6.97. The number of aromatic nitrogens is 3. The van der Waals surface area contributed by atoms with Crippen LogP contribution in [-0.2, 0) is 28.9 Å². The van der Waals surface area contributed by atoms with Crippen LogP contribution < -0.4 is 5.32 Å². The fourth-order valence-electron chi connectivity index (χ4n) is 2.73. The molecule has 0 spiro atoms. The summed E-state index contributed by atoms with van der Waals surface area (Å²) < 4.78 is 5.91. The SMILES string of the molecule is COC(=O)c1c(NC(=O)Cn2cnc([N+](=O)[O-])n2)sc2c1CCCC2. The number of methoxy groups -OCH3 is 1. The molecule has 0 aliphatic heterocycles. The number of hydrogen-bond donors (Lipinski definition) is 1. The molecule has 25 heavy (non-hydrogen) atoms. The van der Waals surface area contributed by atoms with Crippen LogP contribution in [0.3, 0.4) is 0 Å². The first-order chi connectivity index (χ1) is 12.0. The molecule has 2 aromatic rings. The molecule has 3 rings (SSSR count). The molecule has 0 radical (unpaired) electrons. The Labute approximate surface area is 146 Å². The molecule has 132 valence electrons. The van der Waals surface area contributed by atoms with Gasteiger partial charge < -0.3 is 20.2 Å². The lowest BCUT2D eigenvalue weighted by Crippen LogP contribution is -2.20. The van der Waals surface area contributed by atoms with E-state index >= 15 is 0 Å². The average Bonchev–Trinajstić information content (AvgIpc) is 3.18. The zero-order chi connectivity index (χ0) is 18.0. The van der Waals surface area contributed by atoms with Crippen LogP contribution in [-0.4, -0.2) is 38.7 Å². The van der Waals surface area contributed by atoms with Gasteiger partial charge in [0.05, 0.1) is 12.7 Å². The molecule has 1 aliphatic rings. The number of fused-ring (bicyclic) bond motifs is 1. The van der Waals surface area contributed by atoms with E-state index in [4.69, 9.17) is 4.74 Å². The van der Waals surface area contributed by atoms with Gasteiger partial charge in [-0.1, -0.05) is 4.98 Å². The second-order valence-corrected chi connectivity index (χ2v) is 6.56. The molecule has 0 atom stereocenters. The van der Waals surface area contributed by atoms with Gasteiger partial charge in [-0.15, -0.1) is 11.3 Å². The van der Waals surface area contributed by atoms with Crippen molar-refractivity contribution < 1.29 is 19.2 Å². The molecule has 0 bridgehead atoms. The summed E-state index contributed by atoms with van der Waals surface area (Å²) in [6, 6.07) is 0. The number of esters is 1. The van der Waals surface area contributed by atoms with Gasteiger partial charge in [-0.05, 0) is 36.2 Å². The van der Waals surface area contributed by atoms with Crippen LogP contribution in [0.4, 0.5) is 10.9 Å². The Hall–Kier alpha value is -2.82. The number of anilines is 1. The number of nitrogens with one attached hydrogen (secondary N) is 1. The van der Waals surface area contributed by atoms with E-state index < -0.39 is 22.7 Å². The van der Waals surface area contributed by atoms with Crippen molar-refractivity contribution in [2.45, 2.75) is 32.2 Å². The zero-order valence-corrected chi connectivity index (χ0v) is 14.2. The van der Waals surface area contributed by atoms with Gasteiger partial charge in [-0.3, -0.25) is 4.79 Å². The van der Waals surface area contributed by atoms with Crippen molar-refractivity contribution in [3.05, 3.63) is 32.4 Å². The van der Waals surface area contributed by atoms with E-state index in [1.807, 2.05) is 0 Å². The first-order valence-corrected chi connectivity index (χ1v) is 8.37. The number of ether oxygens (including phenoxy) is 1. The number of rotatable bonds is 5. The third kappa shape index (κ3) is 3.50. The molecular weight excluding hydrogens is 350 g/mol. The van der Waals surface area contributed by atoms with Crippen LogP contribution in [0.1, 0.15) is 33.6 Å². The van der Waals surface area contributed by atoms with Gasteiger partial charge in [-0.25, -0.2) is 4.79 Å². The fourth-order valence-corrected chi connectivity index (χ4v) is 4.02. The van der Waals surface area contributed by atoms with Gasteiger partial charge in [0.25, 0.3) is 0 Å². The summed E-state index contributed by atoms with van der Waals surface area (Å²) in [6.45, 7) is -0.246. The first kappa shape index (κ1) is 17.0. The van der Waals surface area contributed by atoms with Gasteiger partial charge in [-0.2, -0.15) is 4.68 Å². The number of nitro groups is 1. The number of thiophene rings is 1. The average molecular weight is 365 g/mol. The Morgan fingerprint density at radius 1 is 1.44 bits per heavy atom. The van der Waals surface area contributed by atoms with E-state index in [1.165, 1.54) is 18.4 Å². The van der Waals surface area contributed by atoms with Gasteiger partial charge in [0, 0.05) is 9.98 Å². The Balaban J connectivity index is 1.79. The summed E-state index contributed by atoms with van der Waals surface area (Å²) in [5.41, 5.74) is 1.34. The molecule has 1 N–H and O–H groups in total. The third-order valence-electron chi connectivity index (χ3n) is 3.81. The standard InChI is InChI=1S/C14H15N5O5S/c1-24-13(21)11-8-4-2-3-5-9(8)25-12(11)16-10(20)6-18-7-15-14(17-18)19(22)23/h7H,2-6H2,1H3,(H,16,20). The Morgan fingerprint density at radius 2 is 2.20 bits per heavy atom. The molecule has 2 heterocycles. The van der Waals surface area contributed by atoms with Gasteiger partial charge in [0.1, 0.15) is 11.5 Å². The minimum absolute atomic E-state index is 0.246. The Kier molecular flexibility index (Phi) is 4.74. The summed E-state index contributed by atoms with van der Waals surface area (Å²) in [4.78, 5) is 38.7. The van der Waals surface area contributed by atoms with E-state index in [0.29, 0.717) is 10.6 Å². The zero-order valence-electron chi connectivity index (χ0n) is 13.4. The van der Waals surface area contributed by atoms with E-state index in [2.05, 4.69) is 15.4 Å². The highest BCUT2D eigenvalue weighted by molar-refractivity contribution is 7.17. The molecule has 0 saturated heterocycles. The highest BCUT2D eigenvalue weighted by Crippen LogP contribution is 2.38. The Morgan fingerprint density at radius 3 is 2.88 bits per heavy atom. The monoisotopic (exact) mass is 365 g/mol. The number of hydrogen-bond acceptors (Lipinski definition) is 8. The molecule has 11 heteroatoms. The number of nitrogens with zero attached hydrogens (tertiary/aromatic N) is 4. The summed E-state index contributed by atoms with van der Waals surface area (Å²) >= 11 is 1.37. The molecular formula is C14H15N5O5S. The largest absolute Gasteiger partial charge is 0.490 e.